The number of nitrogens with zero attached hydrogens (tertiary/aromatic N) is 4. The molecule has 4 rings (SSSR count). The first-order chi connectivity index (χ1) is 16.3. The number of hydrogen-bond acceptors (Lipinski definition) is 6. The highest BCUT2D eigenvalue weighted by molar-refractivity contribution is 7.88. The fourth-order valence-electron chi connectivity index (χ4n) is 4.19. The molecule has 2 heterocycles. The lowest BCUT2D eigenvalue weighted by Crippen LogP contribution is -2.33. The summed E-state index contributed by atoms with van der Waals surface area (Å²) in [6.45, 7) is 7.80. The number of benzene rings is 2. The fraction of sp³-hybridized carbons (Fsp3) is 0.440. The molecule has 0 fully saturated rings. The van der Waals surface area contributed by atoms with E-state index >= 15 is 0 Å². The second-order valence-electron chi connectivity index (χ2n) is 9.18. The molecule has 2 aromatic carbocycles. The van der Waals surface area contributed by atoms with Gasteiger partial charge in [-0.15, -0.1) is 10.2 Å². The van der Waals surface area contributed by atoms with E-state index in [4.69, 9.17) is 4.74 Å². The van der Waals surface area contributed by atoms with E-state index in [1.54, 1.807) is 0 Å². The second-order valence-corrected chi connectivity index (χ2v) is 11.0. The molecule has 0 saturated carbocycles. The lowest BCUT2D eigenvalue weighted by molar-refractivity contribution is 0.268. The van der Waals surface area contributed by atoms with E-state index in [-0.39, 0.29) is 5.92 Å². The summed E-state index contributed by atoms with van der Waals surface area (Å²) in [6, 6.07) is 18.0. The first-order valence-corrected chi connectivity index (χ1v) is 13.5. The molecule has 1 unspecified atom stereocenters. The molecule has 8 nitrogen and oxygen atoms in total. The molecule has 1 aliphatic rings. The lowest BCUT2D eigenvalue weighted by Gasteiger charge is -2.22. The van der Waals surface area contributed by atoms with Crippen LogP contribution in [0.5, 0.6) is 5.75 Å². The molecule has 0 radical (unpaired) electrons. The Morgan fingerprint density at radius 3 is 2.38 bits per heavy atom. The maximum absolute atomic E-state index is 11.9. The van der Waals surface area contributed by atoms with Gasteiger partial charge in [-0.2, -0.15) is 0 Å². The number of sulfonamides is 1. The smallest absolute Gasteiger partial charge is 0.209 e. The first-order valence-electron chi connectivity index (χ1n) is 11.7. The molecular formula is C25H33N5O3S. The van der Waals surface area contributed by atoms with Gasteiger partial charge in [0, 0.05) is 32.6 Å². The fourth-order valence-corrected chi connectivity index (χ4v) is 5.02. The third kappa shape index (κ3) is 6.43. The molecule has 1 aromatic heterocycles. The molecule has 9 heteroatoms. The van der Waals surface area contributed by atoms with E-state index < -0.39 is 16.1 Å². The molecule has 1 aliphatic heterocycles. The summed E-state index contributed by atoms with van der Waals surface area (Å²) >= 11 is 0. The average molecular weight is 484 g/mol. The summed E-state index contributed by atoms with van der Waals surface area (Å²) in [5.74, 6) is 2.52. The van der Waals surface area contributed by atoms with Crippen molar-refractivity contribution < 1.29 is 13.2 Å². The normalized spacial score (nSPS) is 15.6. The molecular weight excluding hydrogens is 450 g/mol. The summed E-state index contributed by atoms with van der Waals surface area (Å²) in [5.41, 5.74) is 2.37. The Morgan fingerprint density at radius 2 is 1.71 bits per heavy atom. The molecule has 3 aromatic rings. The maximum atomic E-state index is 11.9. The molecule has 182 valence electrons. The van der Waals surface area contributed by atoms with Gasteiger partial charge < -0.3 is 9.30 Å². The molecule has 1 N–H and O–H groups in total. The van der Waals surface area contributed by atoms with Crippen molar-refractivity contribution in [2.45, 2.75) is 46.0 Å². The quantitative estimate of drug-likeness (QED) is 0.503. The van der Waals surface area contributed by atoms with Gasteiger partial charge in [-0.1, -0.05) is 56.3 Å². The lowest BCUT2D eigenvalue weighted by atomic mass is 10.1. The summed E-state index contributed by atoms with van der Waals surface area (Å²) in [4.78, 5) is 2.40. The minimum atomic E-state index is -3.36. The first kappa shape index (κ1) is 24.4. The molecule has 1 atom stereocenters. The van der Waals surface area contributed by atoms with Crippen molar-refractivity contribution in [3.05, 3.63) is 77.4 Å². The van der Waals surface area contributed by atoms with Gasteiger partial charge in [-0.25, -0.2) is 13.1 Å². The van der Waals surface area contributed by atoms with Crippen LogP contribution >= 0.6 is 0 Å². The van der Waals surface area contributed by atoms with Gasteiger partial charge in [0.05, 0.1) is 12.3 Å². The Hall–Kier alpha value is -2.75. The van der Waals surface area contributed by atoms with Crippen LogP contribution in [-0.4, -0.2) is 47.4 Å². The van der Waals surface area contributed by atoms with Crippen molar-refractivity contribution in [2.24, 2.45) is 5.92 Å². The van der Waals surface area contributed by atoms with Crippen molar-refractivity contribution in [3.63, 3.8) is 0 Å². The van der Waals surface area contributed by atoms with Crippen molar-refractivity contribution in [3.8, 4) is 5.75 Å². The Kier molecular flexibility index (Phi) is 7.65. The van der Waals surface area contributed by atoms with Crippen LogP contribution in [0, 0.1) is 5.92 Å². The number of hydrogen-bond donors (Lipinski definition) is 1. The molecule has 0 bridgehead atoms. The van der Waals surface area contributed by atoms with Crippen molar-refractivity contribution in [1.29, 1.82) is 0 Å². The van der Waals surface area contributed by atoms with E-state index in [0.717, 1.165) is 49.7 Å². The Morgan fingerprint density at radius 1 is 0.971 bits per heavy atom. The summed E-state index contributed by atoms with van der Waals surface area (Å²) in [6.07, 6.45) is 1.96. The van der Waals surface area contributed by atoms with E-state index in [9.17, 15) is 8.42 Å². The van der Waals surface area contributed by atoms with Crippen LogP contribution in [-0.2, 0) is 36.1 Å². The van der Waals surface area contributed by atoms with Crippen LogP contribution in [0.15, 0.2) is 54.6 Å². The Balaban J connectivity index is 1.36. The van der Waals surface area contributed by atoms with E-state index in [1.165, 1.54) is 11.8 Å². The molecule has 34 heavy (non-hydrogen) atoms. The van der Waals surface area contributed by atoms with Gasteiger partial charge in [0.15, 0.2) is 5.82 Å². The maximum Gasteiger partial charge on any atom is 0.209 e. The Labute approximate surface area is 202 Å². The zero-order valence-electron chi connectivity index (χ0n) is 20.0. The molecule has 0 spiro atoms. The van der Waals surface area contributed by atoms with Crippen molar-refractivity contribution in [2.75, 3.05) is 19.3 Å². The van der Waals surface area contributed by atoms with Crippen molar-refractivity contribution >= 4 is 10.0 Å². The number of fused-ring (bicyclic) bond motifs is 1. The molecule has 0 amide bonds. The standard InChI is InChI=1S/C25H33N5O3S/c1-19(2)24(28-34(3,31)32)25-27-26-23-13-14-29(15-16-30(23)25)17-20-9-11-22(12-10-20)33-18-21-7-5-4-6-8-21/h4-12,19,24,28H,13-18H2,1-3H3. The van der Waals surface area contributed by atoms with Gasteiger partial charge in [0.1, 0.15) is 18.2 Å². The second kappa shape index (κ2) is 10.7. The minimum Gasteiger partial charge on any atom is -0.489 e. The van der Waals surface area contributed by atoms with Crippen LogP contribution in [0.25, 0.3) is 0 Å². The van der Waals surface area contributed by atoms with Crippen LogP contribution in [0.1, 0.15) is 42.7 Å². The number of nitrogens with one attached hydrogen (secondary N) is 1. The summed E-state index contributed by atoms with van der Waals surface area (Å²) < 4.78 is 34.5. The predicted octanol–water partition coefficient (Wildman–Crippen LogP) is 3.16. The molecule has 0 aliphatic carbocycles. The van der Waals surface area contributed by atoms with Gasteiger partial charge in [-0.05, 0) is 29.2 Å². The van der Waals surface area contributed by atoms with Crippen LogP contribution < -0.4 is 9.46 Å². The predicted molar refractivity (Wildman–Crippen MR) is 132 cm³/mol. The van der Waals surface area contributed by atoms with Crippen molar-refractivity contribution in [1.82, 2.24) is 24.4 Å². The monoisotopic (exact) mass is 483 g/mol. The Bertz CT molecular complexity index is 1180. The number of rotatable bonds is 9. The topological polar surface area (TPSA) is 89.3 Å². The van der Waals surface area contributed by atoms with Crippen LogP contribution in [0.2, 0.25) is 0 Å². The molecule has 0 saturated heterocycles. The highest BCUT2D eigenvalue weighted by Crippen LogP contribution is 2.24. The largest absolute Gasteiger partial charge is 0.489 e. The van der Waals surface area contributed by atoms with Gasteiger partial charge >= 0.3 is 0 Å². The van der Waals surface area contributed by atoms with E-state index in [1.807, 2.05) is 44.2 Å². The van der Waals surface area contributed by atoms with Crippen LogP contribution in [0.3, 0.4) is 0 Å². The summed E-state index contributed by atoms with van der Waals surface area (Å²) in [5, 5.41) is 8.74. The highest BCUT2D eigenvalue weighted by atomic mass is 32.2. The number of ether oxygens (including phenoxy) is 1. The van der Waals surface area contributed by atoms with E-state index in [2.05, 4.69) is 48.7 Å². The summed E-state index contributed by atoms with van der Waals surface area (Å²) in [7, 11) is -3.36. The average Bonchev–Trinajstić information content (AvgIpc) is 3.10. The third-order valence-corrected chi connectivity index (χ3v) is 6.69. The zero-order chi connectivity index (χ0) is 24.1. The van der Waals surface area contributed by atoms with Gasteiger partial charge in [-0.3, -0.25) is 4.90 Å². The minimum absolute atomic E-state index is 0.0602. The zero-order valence-corrected chi connectivity index (χ0v) is 20.8. The van der Waals surface area contributed by atoms with Crippen LogP contribution in [0.4, 0.5) is 0 Å². The van der Waals surface area contributed by atoms with E-state index in [0.29, 0.717) is 12.4 Å². The number of aromatic nitrogens is 3. The SMILES string of the molecule is CC(C)C(NS(C)(=O)=O)c1nnc2n1CCN(Cc1ccc(OCc3ccccc3)cc1)CC2. The highest BCUT2D eigenvalue weighted by Gasteiger charge is 2.28. The van der Waals surface area contributed by atoms with Gasteiger partial charge in [0.2, 0.25) is 10.0 Å². The third-order valence-electron chi connectivity index (χ3n) is 6.01. The van der Waals surface area contributed by atoms with Gasteiger partial charge in [0.25, 0.3) is 0 Å².